The van der Waals surface area contributed by atoms with E-state index in [0.717, 1.165) is 16.5 Å². The molecule has 0 aliphatic carbocycles. The van der Waals surface area contributed by atoms with Crippen LogP contribution in [0.3, 0.4) is 0 Å². The van der Waals surface area contributed by atoms with E-state index < -0.39 is 0 Å². The van der Waals surface area contributed by atoms with Crippen LogP contribution in [0.1, 0.15) is 0 Å². The minimum atomic E-state index is 0.884. The van der Waals surface area contributed by atoms with Gasteiger partial charge in [0.15, 0.2) is 0 Å². The fourth-order valence-corrected chi connectivity index (χ4v) is 3.36. The number of rotatable bonds is 2. The summed E-state index contributed by atoms with van der Waals surface area (Å²) in [7, 11) is 0. The van der Waals surface area contributed by atoms with Crippen molar-refractivity contribution in [1.82, 2.24) is 0 Å². The number of benzene rings is 4. The van der Waals surface area contributed by atoms with Gasteiger partial charge in [0.25, 0.3) is 0 Å². The van der Waals surface area contributed by atoms with Crippen molar-refractivity contribution in [3.8, 4) is 5.75 Å². The van der Waals surface area contributed by atoms with E-state index in [1.54, 1.807) is 4.73 Å². The minimum Gasteiger partial charge on any atom is -0.230 e. The molecule has 5 rings (SSSR count). The molecule has 0 radical (unpaired) electrons. The van der Waals surface area contributed by atoms with Crippen LogP contribution in [0.15, 0.2) is 97.3 Å². The van der Waals surface area contributed by atoms with Crippen molar-refractivity contribution >= 4 is 32.3 Å². The highest BCUT2D eigenvalue weighted by molar-refractivity contribution is 6.09. The molecule has 0 N–H and O–H groups in total. The predicted molar refractivity (Wildman–Crippen MR) is 102 cm³/mol. The fraction of sp³-hybridized carbons (Fsp3) is 0. The first-order valence-corrected chi connectivity index (χ1v) is 8.37. The maximum atomic E-state index is 6.27. The van der Waals surface area contributed by atoms with Gasteiger partial charge >= 0.3 is 0 Å². The van der Waals surface area contributed by atoms with Gasteiger partial charge in [0, 0.05) is 27.6 Å². The standard InChI is InChI=1S/C23H16NO/c1-6-12-24(13-7-1)25-23-21-11-5-4-10-19(21)15-20-14-17-8-2-3-9-18(17)16-22(20)23/h1-16H/q+1. The molecule has 0 atom stereocenters. The molecule has 0 amide bonds. The lowest BCUT2D eigenvalue weighted by molar-refractivity contribution is -0.874. The van der Waals surface area contributed by atoms with E-state index in [0.29, 0.717) is 0 Å². The smallest absolute Gasteiger partial charge is 0.223 e. The molecule has 1 aromatic heterocycles. The molecule has 2 nitrogen and oxygen atoms in total. The van der Waals surface area contributed by atoms with E-state index >= 15 is 0 Å². The van der Waals surface area contributed by atoms with E-state index in [9.17, 15) is 0 Å². The molecule has 0 bridgehead atoms. The molecular formula is C23H16NO+. The zero-order valence-corrected chi connectivity index (χ0v) is 13.6. The molecule has 0 fully saturated rings. The monoisotopic (exact) mass is 322 g/mol. The van der Waals surface area contributed by atoms with Gasteiger partial charge < -0.3 is 0 Å². The van der Waals surface area contributed by atoms with Gasteiger partial charge in [-0.3, -0.25) is 0 Å². The topological polar surface area (TPSA) is 13.1 Å². The second-order valence-corrected chi connectivity index (χ2v) is 6.17. The van der Waals surface area contributed by atoms with Crippen molar-refractivity contribution in [2.45, 2.75) is 0 Å². The number of hydrogen-bond donors (Lipinski definition) is 0. The summed E-state index contributed by atoms with van der Waals surface area (Å²) in [6.45, 7) is 0. The van der Waals surface area contributed by atoms with Gasteiger partial charge in [0.2, 0.25) is 18.1 Å². The van der Waals surface area contributed by atoms with Gasteiger partial charge in [0.1, 0.15) is 0 Å². The third-order valence-electron chi connectivity index (χ3n) is 4.56. The Hall–Kier alpha value is -3.39. The Kier molecular flexibility index (Phi) is 3.14. The molecule has 0 saturated carbocycles. The van der Waals surface area contributed by atoms with Crippen LogP contribution in [-0.4, -0.2) is 0 Å². The zero-order valence-electron chi connectivity index (χ0n) is 13.6. The second-order valence-electron chi connectivity index (χ2n) is 6.17. The van der Waals surface area contributed by atoms with Gasteiger partial charge in [-0.15, -0.1) is 0 Å². The summed E-state index contributed by atoms with van der Waals surface area (Å²) < 4.78 is 1.75. The lowest BCUT2D eigenvalue weighted by atomic mass is 9.99. The maximum absolute atomic E-state index is 6.27. The van der Waals surface area contributed by atoms with Crippen LogP contribution in [0.4, 0.5) is 0 Å². The summed E-state index contributed by atoms with van der Waals surface area (Å²) in [6, 6.07) is 29.4. The fourth-order valence-electron chi connectivity index (χ4n) is 3.36. The molecule has 1 heterocycles. The van der Waals surface area contributed by atoms with Crippen LogP contribution in [0.25, 0.3) is 32.3 Å². The number of aromatic nitrogens is 1. The average Bonchev–Trinajstić information content (AvgIpc) is 2.67. The largest absolute Gasteiger partial charge is 0.230 e. The van der Waals surface area contributed by atoms with Gasteiger partial charge in [-0.1, -0.05) is 54.6 Å². The van der Waals surface area contributed by atoms with Crippen LogP contribution in [-0.2, 0) is 0 Å². The number of pyridine rings is 1. The Bertz CT molecular complexity index is 1210. The molecule has 0 saturated heterocycles. The zero-order chi connectivity index (χ0) is 16.6. The highest BCUT2D eigenvalue weighted by Crippen LogP contribution is 2.36. The molecule has 0 unspecified atom stereocenters. The molecule has 25 heavy (non-hydrogen) atoms. The van der Waals surface area contributed by atoms with E-state index in [-0.39, 0.29) is 0 Å². The number of fused-ring (bicyclic) bond motifs is 3. The van der Waals surface area contributed by atoms with Crippen molar-refractivity contribution in [2.24, 2.45) is 0 Å². The Morgan fingerprint density at radius 3 is 1.96 bits per heavy atom. The first-order valence-electron chi connectivity index (χ1n) is 8.37. The molecule has 2 heteroatoms. The Morgan fingerprint density at radius 2 is 1.16 bits per heavy atom. The average molecular weight is 322 g/mol. The highest BCUT2D eigenvalue weighted by Gasteiger charge is 2.14. The maximum Gasteiger partial charge on any atom is 0.223 e. The molecule has 118 valence electrons. The van der Waals surface area contributed by atoms with Crippen LogP contribution < -0.4 is 9.57 Å². The van der Waals surface area contributed by atoms with Crippen molar-refractivity contribution < 1.29 is 9.57 Å². The van der Waals surface area contributed by atoms with E-state index in [1.807, 2.05) is 30.6 Å². The SMILES string of the molecule is c1cc[n+](Oc2c3ccccc3cc3cc4ccccc4cc23)cc1. The molecule has 4 aromatic carbocycles. The van der Waals surface area contributed by atoms with Gasteiger partial charge in [-0.25, -0.2) is 4.84 Å². The van der Waals surface area contributed by atoms with Crippen LogP contribution >= 0.6 is 0 Å². The quantitative estimate of drug-likeness (QED) is 0.318. The van der Waals surface area contributed by atoms with E-state index in [1.165, 1.54) is 21.5 Å². The highest BCUT2D eigenvalue weighted by atomic mass is 16.7. The summed E-state index contributed by atoms with van der Waals surface area (Å²) in [6.07, 6.45) is 3.82. The molecule has 0 aliphatic heterocycles. The van der Waals surface area contributed by atoms with Crippen LogP contribution in [0, 0.1) is 0 Å². The Labute approximate surface area is 145 Å². The summed E-state index contributed by atoms with van der Waals surface area (Å²) in [4.78, 5) is 6.27. The predicted octanol–water partition coefficient (Wildman–Crippen LogP) is 5.28. The van der Waals surface area contributed by atoms with Crippen LogP contribution in [0.5, 0.6) is 5.75 Å². The lowest BCUT2D eigenvalue weighted by Crippen LogP contribution is -2.38. The Balaban J connectivity index is 1.87. The van der Waals surface area contributed by atoms with Crippen molar-refractivity contribution in [1.29, 1.82) is 0 Å². The minimum absolute atomic E-state index is 0.884. The summed E-state index contributed by atoms with van der Waals surface area (Å²) in [5, 5.41) is 7.05. The number of nitrogens with zero attached hydrogens (tertiary/aromatic N) is 1. The van der Waals surface area contributed by atoms with Gasteiger partial charge in [0.05, 0.1) is 0 Å². The normalized spacial score (nSPS) is 11.2. The number of hydrogen-bond acceptors (Lipinski definition) is 1. The summed E-state index contributed by atoms with van der Waals surface area (Å²) in [5.74, 6) is 0.884. The summed E-state index contributed by atoms with van der Waals surface area (Å²) >= 11 is 0. The van der Waals surface area contributed by atoms with Crippen molar-refractivity contribution in [3.63, 3.8) is 0 Å². The summed E-state index contributed by atoms with van der Waals surface area (Å²) in [5.41, 5.74) is 0. The molecule has 5 aromatic rings. The van der Waals surface area contributed by atoms with E-state index in [2.05, 4.69) is 66.7 Å². The first kappa shape index (κ1) is 14.0. The van der Waals surface area contributed by atoms with Crippen molar-refractivity contribution in [2.75, 3.05) is 0 Å². The lowest BCUT2D eigenvalue weighted by Gasteiger charge is -2.09. The first-order chi connectivity index (χ1) is 12.4. The Morgan fingerprint density at radius 1 is 0.520 bits per heavy atom. The molecule has 0 aliphatic rings. The third-order valence-corrected chi connectivity index (χ3v) is 4.56. The van der Waals surface area contributed by atoms with E-state index in [4.69, 9.17) is 4.84 Å². The second kappa shape index (κ2) is 5.60. The third kappa shape index (κ3) is 2.39. The molecule has 0 spiro atoms. The molecular weight excluding hydrogens is 306 g/mol. The van der Waals surface area contributed by atoms with Gasteiger partial charge in [-0.05, 0) is 39.7 Å². The van der Waals surface area contributed by atoms with Gasteiger partial charge in [-0.2, -0.15) is 0 Å². The van der Waals surface area contributed by atoms with Crippen molar-refractivity contribution in [3.05, 3.63) is 97.3 Å². The van der Waals surface area contributed by atoms with Crippen LogP contribution in [0.2, 0.25) is 0 Å².